The average Bonchev–Trinajstić information content (AvgIpc) is 2.27. The number of rotatable bonds is 2. The van der Waals surface area contributed by atoms with Crippen molar-refractivity contribution >= 4 is 37.8 Å². The summed E-state index contributed by atoms with van der Waals surface area (Å²) in [6.07, 6.45) is 1.55. The van der Waals surface area contributed by atoms with Gasteiger partial charge in [-0.15, -0.1) is 0 Å². The quantitative estimate of drug-likeness (QED) is 0.907. The Morgan fingerprint density at radius 2 is 1.88 bits per heavy atom. The van der Waals surface area contributed by atoms with Gasteiger partial charge in [-0.3, -0.25) is 0 Å². The Morgan fingerprint density at radius 3 is 2.62 bits per heavy atom. The van der Waals surface area contributed by atoms with Crippen molar-refractivity contribution in [3.05, 3.63) is 39.4 Å². The summed E-state index contributed by atoms with van der Waals surface area (Å²) >= 11 is 6.67. The molecule has 0 atom stereocenters. The van der Waals surface area contributed by atoms with E-state index >= 15 is 0 Å². The number of benzene rings is 1. The summed E-state index contributed by atoms with van der Waals surface area (Å²) in [7, 11) is 0. The fraction of sp³-hybridized carbons (Fsp3) is 0. The molecule has 0 saturated heterocycles. The van der Waals surface area contributed by atoms with E-state index in [4.69, 9.17) is 10.5 Å². The number of hydrogen-bond acceptors (Lipinski definition) is 4. The van der Waals surface area contributed by atoms with Crippen molar-refractivity contribution in [2.45, 2.75) is 0 Å². The van der Waals surface area contributed by atoms with Crippen LogP contribution in [-0.2, 0) is 0 Å². The minimum atomic E-state index is 0.172. The van der Waals surface area contributed by atoms with E-state index in [1.54, 1.807) is 6.20 Å². The second kappa shape index (κ2) is 4.80. The van der Waals surface area contributed by atoms with Crippen molar-refractivity contribution in [2.75, 3.05) is 5.73 Å². The Hall–Kier alpha value is -1.14. The molecule has 82 valence electrons. The molecule has 0 fully saturated rings. The molecular weight excluding hydrogens is 338 g/mol. The first kappa shape index (κ1) is 11.3. The highest BCUT2D eigenvalue weighted by Crippen LogP contribution is 2.31. The number of nitrogen functional groups attached to an aromatic ring is 1. The van der Waals surface area contributed by atoms with E-state index in [2.05, 4.69) is 41.8 Å². The molecule has 2 rings (SSSR count). The van der Waals surface area contributed by atoms with Crippen molar-refractivity contribution in [2.24, 2.45) is 0 Å². The van der Waals surface area contributed by atoms with Crippen LogP contribution in [0, 0.1) is 0 Å². The third kappa shape index (κ3) is 2.51. The van der Waals surface area contributed by atoms with Gasteiger partial charge in [0.25, 0.3) is 0 Å². The molecule has 0 amide bonds. The van der Waals surface area contributed by atoms with E-state index < -0.39 is 0 Å². The van der Waals surface area contributed by atoms with Crippen molar-refractivity contribution in [1.29, 1.82) is 0 Å². The molecule has 1 aromatic carbocycles. The smallest absolute Gasteiger partial charge is 0.238 e. The van der Waals surface area contributed by atoms with Crippen LogP contribution >= 0.6 is 31.9 Å². The van der Waals surface area contributed by atoms with E-state index in [9.17, 15) is 0 Å². The molecule has 0 radical (unpaired) electrons. The zero-order valence-corrected chi connectivity index (χ0v) is 11.2. The van der Waals surface area contributed by atoms with Gasteiger partial charge in [0.1, 0.15) is 5.75 Å². The topological polar surface area (TPSA) is 61.0 Å². The number of nitrogens with zero attached hydrogens (tertiary/aromatic N) is 2. The van der Waals surface area contributed by atoms with E-state index in [1.165, 1.54) is 0 Å². The Labute approximate surface area is 109 Å². The standard InChI is InChI=1S/C10H7Br2N3O/c11-6-3-1-2-4-8(6)16-9-7(12)5-14-10(13)15-9/h1-5H,(H2,13,14,15). The lowest BCUT2D eigenvalue weighted by Gasteiger charge is -2.07. The molecule has 1 heterocycles. The van der Waals surface area contributed by atoms with Gasteiger partial charge < -0.3 is 10.5 Å². The molecule has 16 heavy (non-hydrogen) atoms. The molecule has 0 spiro atoms. The number of hydrogen-bond donors (Lipinski definition) is 1. The van der Waals surface area contributed by atoms with Crippen LogP contribution in [0.1, 0.15) is 0 Å². The van der Waals surface area contributed by atoms with Gasteiger partial charge in [0.05, 0.1) is 15.1 Å². The summed E-state index contributed by atoms with van der Waals surface area (Å²) in [5.74, 6) is 1.23. The van der Waals surface area contributed by atoms with Gasteiger partial charge in [-0.2, -0.15) is 4.98 Å². The lowest BCUT2D eigenvalue weighted by Crippen LogP contribution is -1.97. The molecule has 2 N–H and O–H groups in total. The van der Waals surface area contributed by atoms with Gasteiger partial charge in [0, 0.05) is 0 Å². The Kier molecular flexibility index (Phi) is 3.40. The highest BCUT2D eigenvalue weighted by molar-refractivity contribution is 9.11. The molecule has 0 aliphatic heterocycles. The number of nitrogens with two attached hydrogens (primary N) is 1. The fourth-order valence-electron chi connectivity index (χ4n) is 1.07. The maximum atomic E-state index is 5.60. The first-order valence-electron chi connectivity index (χ1n) is 4.37. The van der Waals surface area contributed by atoms with E-state index in [0.717, 1.165) is 4.47 Å². The second-order valence-corrected chi connectivity index (χ2v) is 4.62. The third-order valence-electron chi connectivity index (χ3n) is 1.77. The normalized spacial score (nSPS) is 10.1. The van der Waals surface area contributed by atoms with E-state index in [-0.39, 0.29) is 5.95 Å². The average molecular weight is 345 g/mol. The van der Waals surface area contributed by atoms with Gasteiger partial charge in [-0.1, -0.05) is 12.1 Å². The number of aromatic nitrogens is 2. The van der Waals surface area contributed by atoms with Crippen LogP contribution in [0.25, 0.3) is 0 Å². The Balaban J connectivity index is 2.34. The number of para-hydroxylation sites is 1. The summed E-state index contributed by atoms with van der Waals surface area (Å²) in [6.45, 7) is 0. The molecule has 6 heteroatoms. The number of halogens is 2. The first-order valence-corrected chi connectivity index (χ1v) is 5.96. The van der Waals surface area contributed by atoms with Crippen LogP contribution < -0.4 is 10.5 Å². The number of ether oxygens (including phenoxy) is 1. The summed E-state index contributed by atoms with van der Waals surface area (Å²) in [5.41, 5.74) is 5.48. The molecule has 0 aliphatic carbocycles. The minimum Gasteiger partial charge on any atom is -0.437 e. The minimum absolute atomic E-state index is 0.172. The van der Waals surface area contributed by atoms with Gasteiger partial charge in [0.2, 0.25) is 11.8 Å². The van der Waals surface area contributed by atoms with Gasteiger partial charge in [-0.05, 0) is 44.0 Å². The zero-order valence-electron chi connectivity index (χ0n) is 8.02. The molecule has 4 nitrogen and oxygen atoms in total. The molecular formula is C10H7Br2N3O. The predicted molar refractivity (Wildman–Crippen MR) is 68.4 cm³/mol. The van der Waals surface area contributed by atoms with E-state index in [0.29, 0.717) is 16.1 Å². The maximum Gasteiger partial charge on any atom is 0.238 e. The molecule has 0 aliphatic rings. The van der Waals surface area contributed by atoms with Crippen LogP contribution in [-0.4, -0.2) is 9.97 Å². The van der Waals surface area contributed by atoms with Crippen molar-refractivity contribution in [1.82, 2.24) is 9.97 Å². The predicted octanol–water partition coefficient (Wildman–Crippen LogP) is 3.38. The van der Waals surface area contributed by atoms with Crippen LogP contribution in [0.2, 0.25) is 0 Å². The highest BCUT2D eigenvalue weighted by Gasteiger charge is 2.07. The summed E-state index contributed by atoms with van der Waals surface area (Å²) in [4.78, 5) is 7.82. The summed E-state index contributed by atoms with van der Waals surface area (Å²) in [6, 6.07) is 7.49. The van der Waals surface area contributed by atoms with Crippen LogP contribution in [0.5, 0.6) is 11.6 Å². The van der Waals surface area contributed by atoms with Crippen LogP contribution in [0.3, 0.4) is 0 Å². The molecule has 0 unspecified atom stereocenters. The van der Waals surface area contributed by atoms with Crippen molar-refractivity contribution < 1.29 is 4.74 Å². The summed E-state index contributed by atoms with van der Waals surface area (Å²) in [5, 5.41) is 0. The van der Waals surface area contributed by atoms with Crippen LogP contribution in [0.15, 0.2) is 39.4 Å². The first-order chi connectivity index (χ1) is 7.66. The van der Waals surface area contributed by atoms with Gasteiger partial charge in [0.15, 0.2) is 0 Å². The number of anilines is 1. The zero-order chi connectivity index (χ0) is 11.5. The molecule has 1 aromatic heterocycles. The SMILES string of the molecule is Nc1ncc(Br)c(Oc2ccccc2Br)n1. The third-order valence-corrected chi connectivity index (χ3v) is 2.97. The maximum absolute atomic E-state index is 5.60. The van der Waals surface area contributed by atoms with Crippen molar-refractivity contribution in [3.63, 3.8) is 0 Å². The molecule has 0 bridgehead atoms. The van der Waals surface area contributed by atoms with Crippen molar-refractivity contribution in [3.8, 4) is 11.6 Å². The van der Waals surface area contributed by atoms with Gasteiger partial charge in [-0.25, -0.2) is 4.98 Å². The van der Waals surface area contributed by atoms with E-state index in [1.807, 2.05) is 24.3 Å². The fourth-order valence-corrected chi connectivity index (χ4v) is 1.71. The molecule has 0 saturated carbocycles. The second-order valence-electron chi connectivity index (χ2n) is 2.91. The highest BCUT2D eigenvalue weighted by atomic mass is 79.9. The lowest BCUT2D eigenvalue weighted by molar-refractivity contribution is 0.456. The van der Waals surface area contributed by atoms with Gasteiger partial charge >= 0.3 is 0 Å². The Morgan fingerprint density at radius 1 is 1.12 bits per heavy atom. The molecule has 2 aromatic rings. The summed E-state index contributed by atoms with van der Waals surface area (Å²) < 4.78 is 7.09. The lowest BCUT2D eigenvalue weighted by atomic mass is 10.3. The Bertz CT molecular complexity index is 519. The largest absolute Gasteiger partial charge is 0.437 e. The van der Waals surface area contributed by atoms with Crippen LogP contribution in [0.4, 0.5) is 5.95 Å². The monoisotopic (exact) mass is 343 g/mol.